The molecule has 2 rings (SSSR count). The Morgan fingerprint density at radius 3 is 2.21 bits per heavy atom. The van der Waals surface area contributed by atoms with E-state index in [4.69, 9.17) is 5.73 Å². The average molecular weight is 283 g/mol. The first-order valence-corrected chi connectivity index (χ1v) is 7.61. The molecule has 0 bridgehead atoms. The maximum Gasteiger partial charge on any atom is 0.316 e. The molecule has 19 heavy (non-hydrogen) atoms. The van der Waals surface area contributed by atoms with Crippen molar-refractivity contribution in [3.63, 3.8) is 0 Å². The number of urea groups is 1. The van der Waals surface area contributed by atoms with Gasteiger partial charge in [0, 0.05) is 18.8 Å². The molecule has 3 N–H and O–H groups in total. The number of nitrogens with two attached hydrogens (primary N) is 1. The summed E-state index contributed by atoms with van der Waals surface area (Å²) in [5.74, 6) is 0. The SMILES string of the molecule is NC(=O)Nc1ccc(S(=O)(=O)N2CCCCC2)cc1. The van der Waals surface area contributed by atoms with Gasteiger partial charge in [0.05, 0.1) is 4.90 Å². The van der Waals surface area contributed by atoms with Gasteiger partial charge < -0.3 is 11.1 Å². The Hall–Kier alpha value is -1.60. The highest BCUT2D eigenvalue weighted by Crippen LogP contribution is 2.21. The van der Waals surface area contributed by atoms with Crippen molar-refractivity contribution >= 4 is 21.7 Å². The number of hydrogen-bond donors (Lipinski definition) is 2. The number of piperidine rings is 1. The predicted molar refractivity (Wildman–Crippen MR) is 72.3 cm³/mol. The molecule has 1 aromatic rings. The highest BCUT2D eigenvalue weighted by atomic mass is 32.2. The summed E-state index contributed by atoms with van der Waals surface area (Å²) in [5, 5.41) is 2.39. The molecule has 6 nitrogen and oxygen atoms in total. The van der Waals surface area contributed by atoms with E-state index in [9.17, 15) is 13.2 Å². The Balaban J connectivity index is 2.18. The number of nitrogens with one attached hydrogen (secondary N) is 1. The van der Waals surface area contributed by atoms with E-state index >= 15 is 0 Å². The Kier molecular flexibility index (Phi) is 4.06. The minimum atomic E-state index is -3.42. The highest BCUT2D eigenvalue weighted by molar-refractivity contribution is 7.89. The van der Waals surface area contributed by atoms with Crippen molar-refractivity contribution < 1.29 is 13.2 Å². The summed E-state index contributed by atoms with van der Waals surface area (Å²) < 4.78 is 26.2. The van der Waals surface area contributed by atoms with Crippen molar-refractivity contribution in [2.75, 3.05) is 18.4 Å². The van der Waals surface area contributed by atoms with Crippen molar-refractivity contribution in [2.45, 2.75) is 24.2 Å². The minimum Gasteiger partial charge on any atom is -0.351 e. The fourth-order valence-electron chi connectivity index (χ4n) is 2.11. The Labute approximate surface area is 112 Å². The smallest absolute Gasteiger partial charge is 0.316 e. The highest BCUT2D eigenvalue weighted by Gasteiger charge is 2.25. The lowest BCUT2D eigenvalue weighted by molar-refractivity contribution is 0.259. The van der Waals surface area contributed by atoms with Crippen molar-refractivity contribution in [2.24, 2.45) is 5.73 Å². The summed E-state index contributed by atoms with van der Waals surface area (Å²) in [6, 6.07) is 5.35. The summed E-state index contributed by atoms with van der Waals surface area (Å²) in [4.78, 5) is 10.9. The molecule has 0 radical (unpaired) electrons. The number of carbonyl (C=O) groups is 1. The number of anilines is 1. The van der Waals surface area contributed by atoms with Gasteiger partial charge in [-0.3, -0.25) is 0 Å². The standard InChI is InChI=1S/C12H17N3O3S/c13-12(16)14-10-4-6-11(7-5-10)19(17,18)15-8-2-1-3-9-15/h4-7H,1-3,8-9H2,(H3,13,14,16). The van der Waals surface area contributed by atoms with Crippen LogP contribution < -0.4 is 11.1 Å². The summed E-state index contributed by atoms with van der Waals surface area (Å²) >= 11 is 0. The van der Waals surface area contributed by atoms with E-state index in [0.29, 0.717) is 18.8 Å². The van der Waals surface area contributed by atoms with Crippen LogP contribution in [-0.4, -0.2) is 31.8 Å². The van der Waals surface area contributed by atoms with E-state index in [1.165, 1.54) is 28.6 Å². The molecule has 1 aliphatic heterocycles. The second-order valence-corrected chi connectivity index (χ2v) is 6.42. The second-order valence-electron chi connectivity index (χ2n) is 4.48. The van der Waals surface area contributed by atoms with Gasteiger partial charge in [0.25, 0.3) is 0 Å². The largest absolute Gasteiger partial charge is 0.351 e. The molecule has 0 unspecified atom stereocenters. The molecule has 0 atom stereocenters. The van der Waals surface area contributed by atoms with Gasteiger partial charge in [-0.05, 0) is 37.1 Å². The molecule has 1 aromatic carbocycles. The van der Waals surface area contributed by atoms with Crippen LogP contribution in [0.3, 0.4) is 0 Å². The molecule has 0 spiro atoms. The van der Waals surface area contributed by atoms with Crippen LogP contribution >= 0.6 is 0 Å². The van der Waals surface area contributed by atoms with Crippen LogP contribution in [0.5, 0.6) is 0 Å². The third kappa shape index (κ3) is 3.24. The second kappa shape index (κ2) is 5.58. The van der Waals surface area contributed by atoms with Crippen molar-refractivity contribution in [3.8, 4) is 0 Å². The zero-order valence-corrected chi connectivity index (χ0v) is 11.3. The van der Waals surface area contributed by atoms with Crippen LogP contribution in [0, 0.1) is 0 Å². The molecule has 0 aliphatic carbocycles. The Morgan fingerprint density at radius 1 is 1.11 bits per heavy atom. The molecule has 2 amide bonds. The number of carbonyl (C=O) groups excluding carboxylic acids is 1. The number of amides is 2. The van der Waals surface area contributed by atoms with E-state index in [2.05, 4.69) is 5.32 Å². The van der Waals surface area contributed by atoms with E-state index in [-0.39, 0.29) is 4.90 Å². The summed E-state index contributed by atoms with van der Waals surface area (Å²) in [6.07, 6.45) is 2.88. The quantitative estimate of drug-likeness (QED) is 0.877. The third-order valence-electron chi connectivity index (χ3n) is 3.07. The summed E-state index contributed by atoms with van der Waals surface area (Å²) in [6.45, 7) is 1.15. The summed E-state index contributed by atoms with van der Waals surface area (Å²) in [5.41, 5.74) is 5.47. The van der Waals surface area contributed by atoms with Crippen LogP contribution in [0.25, 0.3) is 0 Å². The van der Waals surface area contributed by atoms with Crippen LogP contribution in [0.15, 0.2) is 29.2 Å². The predicted octanol–water partition coefficient (Wildman–Crippen LogP) is 1.35. The maximum absolute atomic E-state index is 12.3. The van der Waals surface area contributed by atoms with Gasteiger partial charge in [-0.1, -0.05) is 6.42 Å². The molecule has 1 aliphatic rings. The van der Waals surface area contributed by atoms with Crippen molar-refractivity contribution in [3.05, 3.63) is 24.3 Å². The topological polar surface area (TPSA) is 92.5 Å². The molecule has 1 heterocycles. The monoisotopic (exact) mass is 283 g/mol. The Bertz CT molecular complexity index is 548. The van der Waals surface area contributed by atoms with Gasteiger partial charge >= 0.3 is 6.03 Å². The number of hydrogen-bond acceptors (Lipinski definition) is 3. The van der Waals surface area contributed by atoms with Crippen molar-refractivity contribution in [1.82, 2.24) is 4.31 Å². The van der Waals surface area contributed by atoms with Crippen LogP contribution in [0.4, 0.5) is 10.5 Å². The number of benzene rings is 1. The first-order valence-electron chi connectivity index (χ1n) is 6.17. The maximum atomic E-state index is 12.3. The van der Waals surface area contributed by atoms with Crippen molar-refractivity contribution in [1.29, 1.82) is 0 Å². The van der Waals surface area contributed by atoms with Gasteiger partial charge in [0.2, 0.25) is 10.0 Å². The fraction of sp³-hybridized carbons (Fsp3) is 0.417. The molecule has 0 aromatic heterocycles. The average Bonchev–Trinajstić information content (AvgIpc) is 2.40. The molecular formula is C12H17N3O3S. The number of rotatable bonds is 3. The van der Waals surface area contributed by atoms with Gasteiger partial charge in [0.1, 0.15) is 0 Å². The molecule has 1 fully saturated rings. The number of nitrogens with zero attached hydrogens (tertiary/aromatic N) is 1. The van der Waals surface area contributed by atoms with Gasteiger partial charge in [-0.2, -0.15) is 4.31 Å². The zero-order valence-electron chi connectivity index (χ0n) is 10.5. The minimum absolute atomic E-state index is 0.240. The number of sulfonamides is 1. The van der Waals surface area contributed by atoms with Crippen LogP contribution in [0.2, 0.25) is 0 Å². The normalized spacial score (nSPS) is 17.1. The third-order valence-corrected chi connectivity index (χ3v) is 4.99. The van der Waals surface area contributed by atoms with Crippen LogP contribution in [-0.2, 0) is 10.0 Å². The first kappa shape index (κ1) is 13.8. The zero-order chi connectivity index (χ0) is 13.9. The molecule has 104 valence electrons. The van der Waals surface area contributed by atoms with E-state index < -0.39 is 16.1 Å². The lowest BCUT2D eigenvalue weighted by atomic mass is 10.2. The van der Waals surface area contributed by atoms with Crippen LogP contribution in [0.1, 0.15) is 19.3 Å². The van der Waals surface area contributed by atoms with Gasteiger partial charge in [-0.15, -0.1) is 0 Å². The first-order chi connectivity index (χ1) is 9.00. The number of primary amides is 1. The van der Waals surface area contributed by atoms with E-state index in [1.807, 2.05) is 0 Å². The molecule has 0 saturated carbocycles. The summed E-state index contributed by atoms with van der Waals surface area (Å²) in [7, 11) is -3.42. The lowest BCUT2D eigenvalue weighted by Crippen LogP contribution is -2.35. The van der Waals surface area contributed by atoms with E-state index in [0.717, 1.165) is 19.3 Å². The molecule has 1 saturated heterocycles. The molecular weight excluding hydrogens is 266 g/mol. The van der Waals surface area contributed by atoms with Gasteiger partial charge in [-0.25, -0.2) is 13.2 Å². The Morgan fingerprint density at radius 2 is 1.68 bits per heavy atom. The fourth-order valence-corrected chi connectivity index (χ4v) is 3.62. The van der Waals surface area contributed by atoms with E-state index in [1.54, 1.807) is 0 Å². The molecule has 7 heteroatoms. The lowest BCUT2D eigenvalue weighted by Gasteiger charge is -2.25. The van der Waals surface area contributed by atoms with Gasteiger partial charge in [0.15, 0.2) is 0 Å².